The number of hydrogen-bond donors (Lipinski definition) is 1. The minimum Gasteiger partial charge on any atom is -0.479 e. The van der Waals surface area contributed by atoms with Crippen molar-refractivity contribution < 1.29 is 13.9 Å². The molecule has 0 bridgehead atoms. The Labute approximate surface area is 187 Å². The first-order valence-corrected chi connectivity index (χ1v) is 10.1. The van der Waals surface area contributed by atoms with E-state index < -0.39 is 12.0 Å². The van der Waals surface area contributed by atoms with Crippen LogP contribution in [0.25, 0.3) is 22.6 Å². The van der Waals surface area contributed by atoms with Crippen LogP contribution in [0.15, 0.2) is 65.1 Å². The average Bonchev–Trinajstić information content (AvgIpc) is 3.16. The molecule has 0 aliphatic heterocycles. The van der Waals surface area contributed by atoms with Gasteiger partial charge in [-0.3, -0.25) is 4.79 Å². The van der Waals surface area contributed by atoms with Gasteiger partial charge in [-0.2, -0.15) is 0 Å². The minimum atomic E-state index is -0.826. The summed E-state index contributed by atoms with van der Waals surface area (Å²) in [5, 5.41) is 3.94. The molecule has 1 atom stereocenters. The third-order valence-electron chi connectivity index (χ3n) is 4.33. The van der Waals surface area contributed by atoms with Crippen molar-refractivity contribution in [3.63, 3.8) is 0 Å². The second kappa shape index (κ2) is 8.56. The zero-order valence-corrected chi connectivity index (χ0v) is 17.9. The maximum Gasteiger partial charge on any atom is 0.265 e. The lowest BCUT2D eigenvalue weighted by Crippen LogP contribution is -2.30. The molecule has 4 aromatic rings. The standard InChI is InChI=1S/C22H15Cl3N2O3/c1-12(29-19-9-7-14(23)11-16(19)25)21(28)26-18-10-13(6-8-15(18)24)22-27-17-4-2-3-5-20(17)30-22/h2-12H,1H3,(H,26,28). The van der Waals surface area contributed by atoms with Crippen molar-refractivity contribution in [1.29, 1.82) is 0 Å². The number of carbonyl (C=O) groups excluding carboxylic acids is 1. The second-order valence-corrected chi connectivity index (χ2v) is 7.76. The van der Waals surface area contributed by atoms with E-state index in [9.17, 15) is 4.79 Å². The number of halogens is 3. The van der Waals surface area contributed by atoms with Crippen LogP contribution >= 0.6 is 34.8 Å². The number of nitrogens with one attached hydrogen (secondary N) is 1. The van der Waals surface area contributed by atoms with Crippen LogP contribution in [0, 0.1) is 0 Å². The Hall–Kier alpha value is -2.73. The smallest absolute Gasteiger partial charge is 0.265 e. The Balaban J connectivity index is 1.53. The minimum absolute atomic E-state index is 0.318. The molecule has 1 aromatic heterocycles. The number of benzene rings is 3. The highest BCUT2D eigenvalue weighted by Gasteiger charge is 2.19. The molecule has 4 rings (SSSR count). The summed E-state index contributed by atoms with van der Waals surface area (Å²) in [5.74, 6) is 0.397. The Kier molecular flexibility index (Phi) is 5.86. The number of aromatic nitrogens is 1. The summed E-state index contributed by atoms with van der Waals surface area (Å²) in [6.07, 6.45) is -0.826. The predicted octanol–water partition coefficient (Wildman–Crippen LogP) is 6.86. The Morgan fingerprint density at radius 1 is 1.03 bits per heavy atom. The lowest BCUT2D eigenvalue weighted by molar-refractivity contribution is -0.122. The number of rotatable bonds is 5. The molecule has 0 saturated heterocycles. The van der Waals surface area contributed by atoms with Crippen LogP contribution < -0.4 is 10.1 Å². The quantitative estimate of drug-likeness (QED) is 0.352. The fourth-order valence-corrected chi connectivity index (χ4v) is 3.42. The number of fused-ring (bicyclic) bond motifs is 1. The first-order valence-electron chi connectivity index (χ1n) is 8.99. The Morgan fingerprint density at radius 3 is 2.60 bits per heavy atom. The summed E-state index contributed by atoms with van der Waals surface area (Å²) in [4.78, 5) is 17.1. The average molecular weight is 462 g/mol. The van der Waals surface area contributed by atoms with Gasteiger partial charge in [0.1, 0.15) is 11.3 Å². The molecular formula is C22H15Cl3N2O3. The molecule has 152 valence electrons. The maximum absolute atomic E-state index is 12.6. The molecule has 0 radical (unpaired) electrons. The molecule has 0 aliphatic rings. The fourth-order valence-electron chi connectivity index (χ4n) is 2.80. The molecule has 1 heterocycles. The zero-order chi connectivity index (χ0) is 21.3. The highest BCUT2D eigenvalue weighted by Crippen LogP contribution is 2.31. The van der Waals surface area contributed by atoms with Gasteiger partial charge in [0.15, 0.2) is 11.7 Å². The molecule has 0 saturated carbocycles. The largest absolute Gasteiger partial charge is 0.479 e. The zero-order valence-electron chi connectivity index (χ0n) is 15.7. The molecule has 3 aromatic carbocycles. The summed E-state index contributed by atoms with van der Waals surface area (Å²) in [6.45, 7) is 1.61. The molecule has 8 heteroatoms. The van der Waals surface area contributed by atoms with Crippen LogP contribution in [-0.2, 0) is 4.79 Å². The first kappa shape index (κ1) is 20.5. The maximum atomic E-state index is 12.6. The summed E-state index contributed by atoms with van der Waals surface area (Å²) in [6, 6.07) is 17.4. The van der Waals surface area contributed by atoms with E-state index in [1.807, 2.05) is 24.3 Å². The van der Waals surface area contributed by atoms with Gasteiger partial charge < -0.3 is 14.5 Å². The van der Waals surface area contributed by atoms with Gasteiger partial charge in [0.05, 0.1) is 15.7 Å². The highest BCUT2D eigenvalue weighted by atomic mass is 35.5. The molecule has 0 spiro atoms. The summed E-state index contributed by atoms with van der Waals surface area (Å²) in [7, 11) is 0. The normalized spacial score (nSPS) is 12.0. The lowest BCUT2D eigenvalue weighted by atomic mass is 10.2. The van der Waals surface area contributed by atoms with Crippen LogP contribution in [0.1, 0.15) is 6.92 Å². The Bertz CT molecular complexity index is 1210. The van der Waals surface area contributed by atoms with Gasteiger partial charge in [0, 0.05) is 10.6 Å². The molecule has 1 amide bonds. The van der Waals surface area contributed by atoms with Crippen molar-refractivity contribution in [1.82, 2.24) is 4.98 Å². The van der Waals surface area contributed by atoms with Gasteiger partial charge in [-0.25, -0.2) is 4.98 Å². The second-order valence-electron chi connectivity index (χ2n) is 6.51. The van der Waals surface area contributed by atoms with Gasteiger partial charge >= 0.3 is 0 Å². The number of hydrogen-bond acceptors (Lipinski definition) is 4. The third-order valence-corrected chi connectivity index (χ3v) is 5.19. The van der Waals surface area contributed by atoms with Crippen LogP contribution in [0.2, 0.25) is 15.1 Å². The highest BCUT2D eigenvalue weighted by molar-refractivity contribution is 6.35. The van der Waals surface area contributed by atoms with Gasteiger partial charge in [-0.05, 0) is 55.5 Å². The monoisotopic (exact) mass is 460 g/mol. The SMILES string of the molecule is CC(Oc1ccc(Cl)cc1Cl)C(=O)Nc1cc(-c2nc3ccccc3o2)ccc1Cl. The van der Waals surface area contributed by atoms with Crippen molar-refractivity contribution in [3.8, 4) is 17.2 Å². The predicted molar refractivity (Wildman–Crippen MR) is 120 cm³/mol. The van der Waals surface area contributed by atoms with E-state index in [1.165, 1.54) is 0 Å². The number of amides is 1. The molecule has 0 fully saturated rings. The van der Waals surface area contributed by atoms with E-state index in [2.05, 4.69) is 10.3 Å². The summed E-state index contributed by atoms with van der Waals surface area (Å²) in [5.41, 5.74) is 2.52. The molecule has 5 nitrogen and oxygen atoms in total. The van der Waals surface area contributed by atoms with Gasteiger partial charge in [-0.15, -0.1) is 0 Å². The topological polar surface area (TPSA) is 64.4 Å². The van der Waals surface area contributed by atoms with Crippen LogP contribution in [0.5, 0.6) is 5.75 Å². The fraction of sp³-hybridized carbons (Fsp3) is 0.0909. The number of ether oxygens (including phenoxy) is 1. The third kappa shape index (κ3) is 4.38. The van der Waals surface area contributed by atoms with E-state index >= 15 is 0 Å². The van der Waals surface area contributed by atoms with E-state index in [0.717, 1.165) is 5.52 Å². The Morgan fingerprint density at radius 2 is 1.83 bits per heavy atom. The van der Waals surface area contributed by atoms with Crippen molar-refractivity contribution >= 4 is 57.5 Å². The van der Waals surface area contributed by atoms with E-state index in [0.29, 0.717) is 43.5 Å². The number of oxazole rings is 1. The molecule has 1 unspecified atom stereocenters. The molecule has 1 N–H and O–H groups in total. The number of nitrogens with zero attached hydrogens (tertiary/aromatic N) is 1. The number of para-hydroxylation sites is 2. The molecule has 30 heavy (non-hydrogen) atoms. The summed E-state index contributed by atoms with van der Waals surface area (Å²) < 4.78 is 11.4. The van der Waals surface area contributed by atoms with Crippen molar-refractivity contribution in [3.05, 3.63) is 75.7 Å². The van der Waals surface area contributed by atoms with Crippen LogP contribution in [-0.4, -0.2) is 17.0 Å². The van der Waals surface area contributed by atoms with Crippen LogP contribution in [0.4, 0.5) is 5.69 Å². The lowest BCUT2D eigenvalue weighted by Gasteiger charge is -2.16. The van der Waals surface area contributed by atoms with Gasteiger partial charge in [0.2, 0.25) is 5.89 Å². The van der Waals surface area contributed by atoms with Crippen molar-refractivity contribution in [2.24, 2.45) is 0 Å². The van der Waals surface area contributed by atoms with Gasteiger partial charge in [0.25, 0.3) is 5.91 Å². The van der Waals surface area contributed by atoms with Gasteiger partial charge in [-0.1, -0.05) is 46.9 Å². The van der Waals surface area contributed by atoms with Crippen molar-refractivity contribution in [2.45, 2.75) is 13.0 Å². The number of anilines is 1. The summed E-state index contributed by atoms with van der Waals surface area (Å²) >= 11 is 18.3. The number of carbonyl (C=O) groups is 1. The van der Waals surface area contributed by atoms with E-state index in [-0.39, 0.29) is 0 Å². The molecule has 0 aliphatic carbocycles. The van der Waals surface area contributed by atoms with E-state index in [1.54, 1.807) is 43.3 Å². The first-order chi connectivity index (χ1) is 14.4. The van der Waals surface area contributed by atoms with E-state index in [4.69, 9.17) is 44.0 Å². The molecular weight excluding hydrogens is 447 g/mol. The van der Waals surface area contributed by atoms with Crippen molar-refractivity contribution in [2.75, 3.05) is 5.32 Å². The van der Waals surface area contributed by atoms with Crippen LogP contribution in [0.3, 0.4) is 0 Å².